The van der Waals surface area contributed by atoms with Gasteiger partial charge in [0.1, 0.15) is 0 Å². The molecule has 0 bridgehead atoms. The molecule has 0 fully saturated rings. The molecule has 9 heteroatoms. The summed E-state index contributed by atoms with van der Waals surface area (Å²) in [6.07, 6.45) is 2.78. The van der Waals surface area contributed by atoms with Gasteiger partial charge in [0.15, 0.2) is 23.4 Å². The molecule has 4 rings (SSSR count). The Morgan fingerprint density at radius 1 is 1.10 bits per heavy atom. The molecular weight excluding hydrogens is 468 g/mol. The van der Waals surface area contributed by atoms with Crippen LogP contribution in [0.25, 0.3) is 11.3 Å². The van der Waals surface area contributed by atoms with E-state index < -0.39 is 6.23 Å². The maximum atomic E-state index is 9.93. The number of ether oxygens (including phenoxy) is 1. The number of rotatable bonds is 6. The van der Waals surface area contributed by atoms with E-state index in [0.29, 0.717) is 22.3 Å². The van der Waals surface area contributed by atoms with Gasteiger partial charge in [-0.1, -0.05) is 47.5 Å². The molecule has 0 radical (unpaired) electrons. The molecule has 0 saturated carbocycles. The van der Waals surface area contributed by atoms with E-state index in [0.717, 1.165) is 34.3 Å². The monoisotopic (exact) mass is 488 g/mol. The molecule has 1 aliphatic heterocycles. The van der Waals surface area contributed by atoms with E-state index in [4.69, 9.17) is 4.74 Å². The highest BCUT2D eigenvalue weighted by Crippen LogP contribution is 2.41. The van der Waals surface area contributed by atoms with Crippen LogP contribution >= 0.6 is 27.7 Å². The standard InChI is InChI=1S/C21H21BrN4O3S/c1-2-3-4-9-30-21-24-20-18(25-26-21)14-11-13(22)6-7-15(14)23-19(29-20)12-5-8-16(27)17(28)10-12/h5-8,10-11,19,23,27-28H,2-4,9H2,1H3. The van der Waals surface area contributed by atoms with Crippen molar-refractivity contribution in [3.05, 3.63) is 46.4 Å². The van der Waals surface area contributed by atoms with Gasteiger partial charge in [-0.3, -0.25) is 0 Å². The second kappa shape index (κ2) is 9.09. The number of phenols is 2. The lowest BCUT2D eigenvalue weighted by atomic mass is 10.1. The molecule has 1 aliphatic rings. The van der Waals surface area contributed by atoms with Crippen LogP contribution in [0.4, 0.5) is 5.69 Å². The Bertz CT molecular complexity index is 1070. The van der Waals surface area contributed by atoms with Gasteiger partial charge in [-0.25, -0.2) is 0 Å². The number of aromatic nitrogens is 3. The first-order valence-electron chi connectivity index (χ1n) is 9.67. The first-order chi connectivity index (χ1) is 14.5. The molecule has 156 valence electrons. The van der Waals surface area contributed by atoms with E-state index in [1.165, 1.54) is 18.6 Å². The lowest BCUT2D eigenvalue weighted by Gasteiger charge is -2.19. The van der Waals surface area contributed by atoms with Gasteiger partial charge < -0.3 is 20.3 Å². The van der Waals surface area contributed by atoms with E-state index in [2.05, 4.69) is 43.4 Å². The minimum Gasteiger partial charge on any atom is -0.504 e. The van der Waals surface area contributed by atoms with E-state index in [9.17, 15) is 10.2 Å². The van der Waals surface area contributed by atoms with Crippen LogP contribution in [0.3, 0.4) is 0 Å². The Hall–Kier alpha value is -2.52. The van der Waals surface area contributed by atoms with Crippen LogP contribution in [0, 0.1) is 0 Å². The number of fused-ring (bicyclic) bond motifs is 3. The zero-order valence-electron chi connectivity index (χ0n) is 16.3. The first-order valence-corrected chi connectivity index (χ1v) is 11.5. The first kappa shape index (κ1) is 20.7. The molecule has 3 aromatic rings. The molecule has 1 unspecified atom stereocenters. The SMILES string of the molecule is CCCCCSc1nnc2c(n1)OC(c1ccc(O)c(O)c1)Nc1ccc(Br)cc1-2. The predicted molar refractivity (Wildman–Crippen MR) is 120 cm³/mol. The van der Waals surface area contributed by atoms with E-state index in [1.54, 1.807) is 17.8 Å². The molecule has 2 aromatic carbocycles. The maximum Gasteiger partial charge on any atom is 0.247 e. The number of thioether (sulfide) groups is 1. The molecule has 2 heterocycles. The molecule has 30 heavy (non-hydrogen) atoms. The molecule has 3 N–H and O–H groups in total. The highest BCUT2D eigenvalue weighted by atomic mass is 79.9. The Kier molecular flexibility index (Phi) is 6.29. The zero-order chi connectivity index (χ0) is 21.1. The number of nitrogens with zero attached hydrogens (tertiary/aromatic N) is 3. The van der Waals surface area contributed by atoms with Crippen molar-refractivity contribution in [3.63, 3.8) is 0 Å². The van der Waals surface area contributed by atoms with Crippen LogP contribution in [0.2, 0.25) is 0 Å². The van der Waals surface area contributed by atoms with E-state index in [1.807, 2.05) is 18.2 Å². The number of phenolic OH excluding ortho intramolecular Hbond substituents is 2. The fourth-order valence-electron chi connectivity index (χ4n) is 3.10. The van der Waals surface area contributed by atoms with Crippen LogP contribution in [0.1, 0.15) is 38.0 Å². The number of anilines is 1. The molecule has 7 nitrogen and oxygen atoms in total. The zero-order valence-corrected chi connectivity index (χ0v) is 18.7. The maximum absolute atomic E-state index is 9.93. The van der Waals surface area contributed by atoms with Crippen molar-refractivity contribution in [2.75, 3.05) is 11.1 Å². The molecule has 0 saturated heterocycles. The third kappa shape index (κ3) is 4.46. The van der Waals surface area contributed by atoms with Gasteiger partial charge in [0.2, 0.25) is 11.0 Å². The summed E-state index contributed by atoms with van der Waals surface area (Å²) in [7, 11) is 0. The summed E-state index contributed by atoms with van der Waals surface area (Å²) in [4.78, 5) is 4.62. The van der Waals surface area contributed by atoms with Gasteiger partial charge in [0.05, 0.1) is 0 Å². The van der Waals surface area contributed by atoms with Crippen molar-refractivity contribution < 1.29 is 14.9 Å². The lowest BCUT2D eigenvalue weighted by Crippen LogP contribution is -2.17. The van der Waals surface area contributed by atoms with Crippen molar-refractivity contribution in [3.8, 4) is 28.6 Å². The lowest BCUT2D eigenvalue weighted by molar-refractivity contribution is 0.224. The van der Waals surface area contributed by atoms with Gasteiger partial charge in [-0.05, 0) is 42.8 Å². The van der Waals surface area contributed by atoms with Crippen molar-refractivity contribution in [1.82, 2.24) is 15.2 Å². The third-order valence-corrected chi connectivity index (χ3v) is 6.09. The van der Waals surface area contributed by atoms with Crippen molar-refractivity contribution >= 4 is 33.4 Å². The number of aromatic hydroxyl groups is 2. The van der Waals surface area contributed by atoms with Gasteiger partial charge >= 0.3 is 0 Å². The summed E-state index contributed by atoms with van der Waals surface area (Å²) in [6, 6.07) is 10.3. The van der Waals surface area contributed by atoms with Gasteiger partial charge in [-0.15, -0.1) is 10.2 Å². The van der Waals surface area contributed by atoms with Crippen LogP contribution in [-0.2, 0) is 0 Å². The highest BCUT2D eigenvalue weighted by molar-refractivity contribution is 9.10. The number of halogens is 1. The van der Waals surface area contributed by atoms with Crippen molar-refractivity contribution in [1.29, 1.82) is 0 Å². The smallest absolute Gasteiger partial charge is 0.247 e. The minimum atomic E-state index is -0.632. The van der Waals surface area contributed by atoms with Gasteiger partial charge in [0, 0.05) is 27.0 Å². The highest BCUT2D eigenvalue weighted by Gasteiger charge is 2.27. The van der Waals surface area contributed by atoms with E-state index in [-0.39, 0.29) is 11.5 Å². The normalized spacial score (nSPS) is 14.8. The Morgan fingerprint density at radius 2 is 1.97 bits per heavy atom. The quantitative estimate of drug-likeness (QED) is 0.237. The second-order valence-electron chi connectivity index (χ2n) is 6.88. The number of hydrogen-bond acceptors (Lipinski definition) is 8. The number of hydrogen-bond donors (Lipinski definition) is 3. The molecular formula is C21H21BrN4O3S. The van der Waals surface area contributed by atoms with Gasteiger partial charge in [0.25, 0.3) is 0 Å². The Labute approximate surface area is 187 Å². The largest absolute Gasteiger partial charge is 0.504 e. The third-order valence-electron chi connectivity index (χ3n) is 4.67. The van der Waals surface area contributed by atoms with E-state index >= 15 is 0 Å². The summed E-state index contributed by atoms with van der Waals surface area (Å²) in [5.74, 6) is 0.882. The Balaban J connectivity index is 1.72. The van der Waals surface area contributed by atoms with Crippen molar-refractivity contribution in [2.24, 2.45) is 0 Å². The molecule has 0 amide bonds. The average Bonchev–Trinajstić information content (AvgIpc) is 2.89. The second-order valence-corrected chi connectivity index (χ2v) is 8.86. The van der Waals surface area contributed by atoms with Crippen molar-refractivity contribution in [2.45, 2.75) is 37.6 Å². The summed E-state index contributed by atoms with van der Waals surface area (Å²) in [5.41, 5.74) is 2.80. The number of benzene rings is 2. The fourth-order valence-corrected chi connectivity index (χ4v) is 4.24. The summed E-state index contributed by atoms with van der Waals surface area (Å²) in [5, 5.41) is 32.2. The van der Waals surface area contributed by atoms with Crippen LogP contribution in [0.15, 0.2) is 46.0 Å². The summed E-state index contributed by atoms with van der Waals surface area (Å²) in [6.45, 7) is 2.17. The number of nitrogens with one attached hydrogen (secondary N) is 1. The Morgan fingerprint density at radius 3 is 2.77 bits per heavy atom. The average molecular weight is 489 g/mol. The summed E-state index contributed by atoms with van der Waals surface area (Å²) >= 11 is 5.06. The van der Waals surface area contributed by atoms with Crippen LogP contribution in [0.5, 0.6) is 17.4 Å². The van der Waals surface area contributed by atoms with Crippen LogP contribution in [-0.4, -0.2) is 31.1 Å². The molecule has 0 spiro atoms. The predicted octanol–water partition coefficient (Wildman–Crippen LogP) is 5.50. The summed E-state index contributed by atoms with van der Waals surface area (Å²) < 4.78 is 7.08. The topological polar surface area (TPSA) is 100 Å². The minimum absolute atomic E-state index is 0.188. The molecule has 1 aromatic heterocycles. The number of unbranched alkanes of at least 4 members (excludes halogenated alkanes) is 2. The fraction of sp³-hybridized carbons (Fsp3) is 0.286. The van der Waals surface area contributed by atoms with Crippen LogP contribution < -0.4 is 10.1 Å². The molecule has 0 aliphatic carbocycles. The molecule has 1 atom stereocenters. The van der Waals surface area contributed by atoms with Gasteiger partial charge in [-0.2, -0.15) is 4.98 Å².